The van der Waals surface area contributed by atoms with Crippen molar-refractivity contribution in [1.82, 2.24) is 10.6 Å². The lowest BCUT2D eigenvalue weighted by Crippen LogP contribution is -2.27. The highest BCUT2D eigenvalue weighted by Crippen LogP contribution is 2.00. The van der Waals surface area contributed by atoms with Gasteiger partial charge in [-0.05, 0) is 26.2 Å². The Morgan fingerprint density at radius 2 is 2.00 bits per heavy atom. The zero-order chi connectivity index (χ0) is 15.2. The van der Waals surface area contributed by atoms with E-state index >= 15 is 0 Å². The Kier molecular flexibility index (Phi) is 12.0. The lowest BCUT2D eigenvalue weighted by Gasteiger charge is -2.14. The van der Waals surface area contributed by atoms with Crippen LogP contribution in [0.15, 0.2) is 0 Å². The van der Waals surface area contributed by atoms with Crippen molar-refractivity contribution >= 4 is 12.3 Å². The van der Waals surface area contributed by atoms with Gasteiger partial charge in [0.05, 0.1) is 6.61 Å². The normalized spacial score (nSPS) is 13.6. The lowest BCUT2D eigenvalue weighted by molar-refractivity contribution is -0.311. The summed E-state index contributed by atoms with van der Waals surface area (Å²) in [5.74, 6) is -0.0584. The molecule has 8 heteroatoms. The quantitative estimate of drug-likeness (QED) is 0.198. The minimum absolute atomic E-state index is 0.0584. The number of aliphatic hydroxyl groups excluding tert-OH is 2. The summed E-state index contributed by atoms with van der Waals surface area (Å²) in [7, 11) is 0. The molecule has 0 saturated carbocycles. The van der Waals surface area contributed by atoms with Gasteiger partial charge in [0, 0.05) is 19.5 Å². The average Bonchev–Trinajstić information content (AvgIpc) is 2.37. The summed E-state index contributed by atoms with van der Waals surface area (Å²) in [4.78, 5) is 21.3. The van der Waals surface area contributed by atoms with Crippen LogP contribution >= 0.6 is 0 Å². The molecule has 0 spiro atoms. The van der Waals surface area contributed by atoms with Crippen molar-refractivity contribution in [2.75, 3.05) is 19.7 Å². The Bertz CT molecular complexity index is 262. The summed E-state index contributed by atoms with van der Waals surface area (Å²) in [6.45, 7) is 1.22. The van der Waals surface area contributed by atoms with Gasteiger partial charge in [-0.15, -0.1) is 0 Å². The summed E-state index contributed by atoms with van der Waals surface area (Å²) in [5, 5.41) is 23.1. The number of unbranched alkanes of at least 4 members (excludes halogenated alkanes) is 1. The Morgan fingerprint density at radius 1 is 1.25 bits per heavy atom. The van der Waals surface area contributed by atoms with Crippen LogP contribution in [0.1, 0.15) is 32.6 Å². The van der Waals surface area contributed by atoms with Gasteiger partial charge in [0.1, 0.15) is 0 Å². The Morgan fingerprint density at radius 3 is 2.65 bits per heavy atom. The molecule has 0 aliphatic carbocycles. The smallest absolute Gasteiger partial charge is 0.271 e. The van der Waals surface area contributed by atoms with Gasteiger partial charge in [-0.3, -0.25) is 9.59 Å². The molecule has 4 N–H and O–H groups in total. The molecule has 2 unspecified atom stereocenters. The molecule has 2 amide bonds. The van der Waals surface area contributed by atoms with Crippen molar-refractivity contribution in [2.45, 2.75) is 45.4 Å². The zero-order valence-corrected chi connectivity index (χ0v) is 11.7. The first kappa shape index (κ1) is 18.8. The van der Waals surface area contributed by atoms with Crippen molar-refractivity contribution < 1.29 is 29.3 Å². The van der Waals surface area contributed by atoms with Crippen molar-refractivity contribution in [3.05, 3.63) is 0 Å². The zero-order valence-electron chi connectivity index (χ0n) is 11.7. The fraction of sp³-hybridized carbons (Fsp3) is 0.833. The number of rotatable bonds is 13. The highest BCUT2D eigenvalue weighted by molar-refractivity contribution is 5.75. The van der Waals surface area contributed by atoms with Gasteiger partial charge in [-0.2, -0.15) is 0 Å². The van der Waals surface area contributed by atoms with Crippen LogP contribution in [-0.4, -0.2) is 55.0 Å². The number of aliphatic hydroxyl groups is 2. The highest BCUT2D eigenvalue weighted by atomic mass is 16.8. The van der Waals surface area contributed by atoms with Crippen LogP contribution in [0.5, 0.6) is 0 Å². The standard InChI is InChI=1S/C12H24N2O6/c1-10(16)20-12(18)19-8-3-2-5-11(17)14-7-4-6-13-9-15/h9-10,12,16,18H,2-8H2,1H3,(H,13,15)(H,14,17). The van der Waals surface area contributed by atoms with Crippen LogP contribution in [0.25, 0.3) is 0 Å². The average molecular weight is 292 g/mol. The van der Waals surface area contributed by atoms with Crippen LogP contribution in [0.4, 0.5) is 0 Å². The van der Waals surface area contributed by atoms with Crippen molar-refractivity contribution in [2.24, 2.45) is 0 Å². The molecule has 0 aromatic rings. The van der Waals surface area contributed by atoms with Crippen LogP contribution in [-0.2, 0) is 19.1 Å². The molecule has 0 saturated heterocycles. The Labute approximate surface area is 118 Å². The third-order valence-electron chi connectivity index (χ3n) is 2.28. The maximum atomic E-state index is 11.4. The summed E-state index contributed by atoms with van der Waals surface area (Å²) >= 11 is 0. The fourth-order valence-electron chi connectivity index (χ4n) is 1.35. The van der Waals surface area contributed by atoms with E-state index in [0.29, 0.717) is 45.2 Å². The molecule has 0 heterocycles. The molecule has 8 nitrogen and oxygen atoms in total. The van der Waals surface area contributed by atoms with Gasteiger partial charge < -0.3 is 30.3 Å². The van der Waals surface area contributed by atoms with Gasteiger partial charge in [0.25, 0.3) is 6.48 Å². The lowest BCUT2D eigenvalue weighted by atomic mass is 10.2. The third-order valence-corrected chi connectivity index (χ3v) is 2.28. The molecule has 0 rings (SSSR count). The van der Waals surface area contributed by atoms with Gasteiger partial charge in [-0.1, -0.05) is 0 Å². The second kappa shape index (κ2) is 12.8. The van der Waals surface area contributed by atoms with E-state index < -0.39 is 12.8 Å². The number of hydrogen-bond acceptors (Lipinski definition) is 6. The van der Waals surface area contributed by atoms with E-state index in [0.717, 1.165) is 0 Å². The second-order valence-electron chi connectivity index (χ2n) is 4.15. The first-order valence-corrected chi connectivity index (χ1v) is 6.63. The van der Waals surface area contributed by atoms with Gasteiger partial charge in [0.15, 0.2) is 6.29 Å². The Balaban J connectivity index is 3.32. The van der Waals surface area contributed by atoms with E-state index in [1.54, 1.807) is 0 Å². The molecular formula is C12H24N2O6. The van der Waals surface area contributed by atoms with E-state index in [2.05, 4.69) is 15.4 Å². The molecule has 0 aromatic carbocycles. The fourth-order valence-corrected chi connectivity index (χ4v) is 1.35. The van der Waals surface area contributed by atoms with E-state index in [1.165, 1.54) is 6.92 Å². The van der Waals surface area contributed by atoms with Crippen molar-refractivity contribution in [1.29, 1.82) is 0 Å². The monoisotopic (exact) mass is 292 g/mol. The second-order valence-corrected chi connectivity index (χ2v) is 4.15. The Hall–Kier alpha value is -1.22. The molecule has 0 aliphatic heterocycles. The first-order valence-electron chi connectivity index (χ1n) is 6.63. The number of amides is 2. The molecule has 0 aliphatic rings. The number of ether oxygens (including phenoxy) is 2. The maximum absolute atomic E-state index is 11.4. The highest BCUT2D eigenvalue weighted by Gasteiger charge is 2.07. The number of carbonyl (C=O) groups is 2. The minimum Gasteiger partial charge on any atom is -0.368 e. The van der Waals surface area contributed by atoms with Gasteiger partial charge in [0.2, 0.25) is 12.3 Å². The summed E-state index contributed by atoms with van der Waals surface area (Å²) in [6, 6.07) is 0. The molecule has 118 valence electrons. The predicted molar refractivity (Wildman–Crippen MR) is 70.3 cm³/mol. The molecule has 0 aromatic heterocycles. The largest absolute Gasteiger partial charge is 0.368 e. The maximum Gasteiger partial charge on any atom is 0.271 e. The van der Waals surface area contributed by atoms with Crippen LogP contribution in [0.3, 0.4) is 0 Å². The summed E-state index contributed by atoms with van der Waals surface area (Å²) < 4.78 is 9.40. The van der Waals surface area contributed by atoms with E-state index in [-0.39, 0.29) is 12.5 Å². The number of hydrogen-bond donors (Lipinski definition) is 4. The predicted octanol–water partition coefficient (Wildman–Crippen LogP) is -0.944. The van der Waals surface area contributed by atoms with Gasteiger partial charge in [-0.25, -0.2) is 0 Å². The van der Waals surface area contributed by atoms with Crippen LogP contribution < -0.4 is 10.6 Å². The van der Waals surface area contributed by atoms with Crippen LogP contribution in [0, 0.1) is 0 Å². The molecule has 0 radical (unpaired) electrons. The van der Waals surface area contributed by atoms with Gasteiger partial charge >= 0.3 is 0 Å². The number of carbonyl (C=O) groups excluding carboxylic acids is 2. The van der Waals surface area contributed by atoms with E-state index in [4.69, 9.17) is 14.9 Å². The van der Waals surface area contributed by atoms with E-state index in [1.807, 2.05) is 0 Å². The number of nitrogens with one attached hydrogen (secondary N) is 2. The van der Waals surface area contributed by atoms with Crippen molar-refractivity contribution in [3.63, 3.8) is 0 Å². The molecular weight excluding hydrogens is 268 g/mol. The third kappa shape index (κ3) is 13.2. The summed E-state index contributed by atoms with van der Waals surface area (Å²) in [6.07, 6.45) is 1.82. The van der Waals surface area contributed by atoms with Crippen molar-refractivity contribution in [3.8, 4) is 0 Å². The summed E-state index contributed by atoms with van der Waals surface area (Å²) in [5.41, 5.74) is 0. The SMILES string of the molecule is CC(O)OC(O)OCCCCC(=O)NCCCNC=O. The molecule has 2 atom stereocenters. The molecule has 0 bridgehead atoms. The topological polar surface area (TPSA) is 117 Å². The molecule has 0 fully saturated rings. The molecule has 20 heavy (non-hydrogen) atoms. The van der Waals surface area contributed by atoms with E-state index in [9.17, 15) is 9.59 Å². The van der Waals surface area contributed by atoms with Crippen LogP contribution in [0.2, 0.25) is 0 Å². The minimum atomic E-state index is -1.45. The first-order chi connectivity index (χ1) is 9.56.